The van der Waals surface area contributed by atoms with Crippen LogP contribution in [-0.4, -0.2) is 11.4 Å². The Morgan fingerprint density at radius 1 is 1.37 bits per heavy atom. The average molecular weight is 323 g/mol. The summed E-state index contributed by atoms with van der Waals surface area (Å²) < 4.78 is 7.18. The van der Waals surface area contributed by atoms with Gasteiger partial charge in [-0.3, -0.25) is 4.79 Å². The second kappa shape index (κ2) is 4.93. The summed E-state index contributed by atoms with van der Waals surface area (Å²) >= 11 is 3.41. The Balaban J connectivity index is 1.85. The van der Waals surface area contributed by atoms with Crippen LogP contribution in [0.3, 0.4) is 0 Å². The van der Waals surface area contributed by atoms with Crippen molar-refractivity contribution < 1.29 is 9.53 Å². The highest BCUT2D eigenvalue weighted by Crippen LogP contribution is 2.44. The lowest BCUT2D eigenvalue weighted by atomic mass is 9.74. The van der Waals surface area contributed by atoms with E-state index in [4.69, 9.17) is 4.74 Å². The van der Waals surface area contributed by atoms with Gasteiger partial charge in [0.15, 0.2) is 5.78 Å². The smallest absolute Gasteiger partial charge is 0.170 e. The number of carbonyl (C=O) groups is 1. The van der Waals surface area contributed by atoms with Gasteiger partial charge in [-0.25, -0.2) is 0 Å². The lowest BCUT2D eigenvalue weighted by Crippen LogP contribution is -2.44. The zero-order valence-corrected chi connectivity index (χ0v) is 12.8. The van der Waals surface area contributed by atoms with Gasteiger partial charge >= 0.3 is 0 Å². The Kier molecular flexibility index (Phi) is 3.42. The summed E-state index contributed by atoms with van der Waals surface area (Å²) in [5, 5.41) is 0. The SMILES string of the molecule is CCC1CCC2(CC1)CC(=O)c1cc(Br)ccc1O2. The van der Waals surface area contributed by atoms with Gasteiger partial charge in [0.2, 0.25) is 0 Å². The summed E-state index contributed by atoms with van der Waals surface area (Å²) in [6.45, 7) is 2.25. The molecule has 0 saturated heterocycles. The zero-order valence-electron chi connectivity index (χ0n) is 11.2. The van der Waals surface area contributed by atoms with Crippen LogP contribution in [-0.2, 0) is 0 Å². The molecule has 1 aromatic rings. The third-order valence-corrected chi connectivity index (χ3v) is 5.14. The molecule has 1 aliphatic carbocycles. The zero-order chi connectivity index (χ0) is 13.5. The van der Waals surface area contributed by atoms with Crippen LogP contribution >= 0.6 is 15.9 Å². The molecule has 0 aromatic heterocycles. The molecule has 0 atom stereocenters. The summed E-state index contributed by atoms with van der Waals surface area (Å²) in [5.41, 5.74) is 0.515. The largest absolute Gasteiger partial charge is 0.486 e. The Morgan fingerprint density at radius 2 is 2.11 bits per heavy atom. The molecule has 1 heterocycles. The molecule has 1 aromatic carbocycles. The number of hydrogen-bond acceptors (Lipinski definition) is 2. The highest BCUT2D eigenvalue weighted by Gasteiger charge is 2.42. The number of hydrogen-bond donors (Lipinski definition) is 0. The summed E-state index contributed by atoms with van der Waals surface area (Å²) in [5.74, 6) is 1.82. The lowest BCUT2D eigenvalue weighted by Gasteiger charge is -2.42. The van der Waals surface area contributed by atoms with Gasteiger partial charge in [-0.05, 0) is 49.8 Å². The third kappa shape index (κ3) is 2.45. The first-order valence-electron chi connectivity index (χ1n) is 7.14. The van der Waals surface area contributed by atoms with E-state index in [0.29, 0.717) is 6.42 Å². The van der Waals surface area contributed by atoms with Gasteiger partial charge in [0.25, 0.3) is 0 Å². The molecule has 2 nitrogen and oxygen atoms in total. The van der Waals surface area contributed by atoms with Crippen molar-refractivity contribution in [1.82, 2.24) is 0 Å². The van der Waals surface area contributed by atoms with Crippen LogP contribution in [0, 0.1) is 5.92 Å². The summed E-state index contributed by atoms with van der Waals surface area (Å²) in [6.07, 6.45) is 6.21. The van der Waals surface area contributed by atoms with Crippen molar-refractivity contribution in [2.75, 3.05) is 0 Å². The molecule has 19 heavy (non-hydrogen) atoms. The normalized spacial score (nSPS) is 30.0. The van der Waals surface area contributed by atoms with Gasteiger partial charge in [-0.15, -0.1) is 0 Å². The predicted molar refractivity (Wildman–Crippen MR) is 78.7 cm³/mol. The molecule has 1 fully saturated rings. The second-order valence-electron chi connectivity index (χ2n) is 5.88. The first-order chi connectivity index (χ1) is 9.12. The van der Waals surface area contributed by atoms with Gasteiger partial charge in [0.1, 0.15) is 11.4 Å². The molecule has 0 N–H and O–H groups in total. The minimum absolute atomic E-state index is 0.219. The van der Waals surface area contributed by atoms with E-state index in [1.54, 1.807) is 0 Å². The highest BCUT2D eigenvalue weighted by atomic mass is 79.9. The number of carbonyl (C=O) groups excluding carboxylic acids is 1. The van der Waals surface area contributed by atoms with E-state index in [9.17, 15) is 4.79 Å². The van der Waals surface area contributed by atoms with Crippen molar-refractivity contribution in [2.45, 2.75) is 51.0 Å². The molecule has 0 bridgehead atoms. The van der Waals surface area contributed by atoms with Crippen LogP contribution in [0.15, 0.2) is 22.7 Å². The molecule has 0 radical (unpaired) electrons. The van der Waals surface area contributed by atoms with Gasteiger partial charge in [-0.1, -0.05) is 29.3 Å². The Morgan fingerprint density at radius 3 is 2.79 bits per heavy atom. The fourth-order valence-electron chi connectivity index (χ4n) is 3.36. The standard InChI is InChI=1S/C16H19BrO2/c1-2-11-5-7-16(8-6-11)10-14(18)13-9-12(17)3-4-15(13)19-16/h3-4,9,11H,2,5-8,10H2,1H3. The Bertz CT molecular complexity index is 501. The van der Waals surface area contributed by atoms with E-state index in [1.807, 2.05) is 18.2 Å². The number of Topliss-reactive ketones (excluding diaryl/α,β-unsaturated/α-hetero) is 1. The van der Waals surface area contributed by atoms with E-state index in [0.717, 1.165) is 34.5 Å². The Labute approximate surface area is 122 Å². The molecule has 1 aliphatic heterocycles. The van der Waals surface area contributed by atoms with Gasteiger partial charge < -0.3 is 4.74 Å². The van der Waals surface area contributed by atoms with Crippen LogP contribution in [0.25, 0.3) is 0 Å². The molecule has 2 aliphatic rings. The maximum Gasteiger partial charge on any atom is 0.170 e. The first kappa shape index (κ1) is 13.2. The summed E-state index contributed by atoms with van der Waals surface area (Å²) in [6, 6.07) is 5.75. The lowest BCUT2D eigenvalue weighted by molar-refractivity contribution is 0.00173. The first-order valence-corrected chi connectivity index (χ1v) is 7.93. The van der Waals surface area contributed by atoms with E-state index in [2.05, 4.69) is 22.9 Å². The maximum absolute atomic E-state index is 12.4. The molecular weight excluding hydrogens is 304 g/mol. The molecule has 1 saturated carbocycles. The van der Waals surface area contributed by atoms with Crippen molar-refractivity contribution in [3.8, 4) is 5.75 Å². The Hall–Kier alpha value is -0.830. The molecule has 0 amide bonds. The van der Waals surface area contributed by atoms with E-state index >= 15 is 0 Å². The molecule has 3 rings (SSSR count). The number of rotatable bonds is 1. The van der Waals surface area contributed by atoms with Gasteiger partial charge in [0.05, 0.1) is 12.0 Å². The molecular formula is C16H19BrO2. The van der Waals surface area contributed by atoms with E-state index in [1.165, 1.54) is 19.3 Å². The number of halogens is 1. The monoisotopic (exact) mass is 322 g/mol. The van der Waals surface area contributed by atoms with Crippen molar-refractivity contribution in [3.05, 3.63) is 28.2 Å². The number of ketones is 1. The van der Waals surface area contributed by atoms with Crippen molar-refractivity contribution in [3.63, 3.8) is 0 Å². The van der Waals surface area contributed by atoms with Crippen LogP contribution in [0.4, 0.5) is 0 Å². The van der Waals surface area contributed by atoms with Crippen LogP contribution < -0.4 is 4.74 Å². The molecule has 3 heteroatoms. The maximum atomic E-state index is 12.4. The number of fused-ring (bicyclic) bond motifs is 1. The topological polar surface area (TPSA) is 26.3 Å². The minimum atomic E-state index is -0.219. The van der Waals surface area contributed by atoms with E-state index < -0.39 is 0 Å². The minimum Gasteiger partial charge on any atom is -0.486 e. The van der Waals surface area contributed by atoms with Crippen molar-refractivity contribution in [1.29, 1.82) is 0 Å². The summed E-state index contributed by atoms with van der Waals surface area (Å²) in [4.78, 5) is 12.4. The molecule has 0 unspecified atom stereocenters. The van der Waals surface area contributed by atoms with Crippen molar-refractivity contribution in [2.24, 2.45) is 5.92 Å². The number of ether oxygens (including phenoxy) is 1. The van der Waals surface area contributed by atoms with Crippen molar-refractivity contribution >= 4 is 21.7 Å². The predicted octanol–water partition coefficient (Wildman–Crippen LogP) is 4.75. The molecule has 1 spiro atoms. The number of benzene rings is 1. The second-order valence-corrected chi connectivity index (χ2v) is 6.79. The average Bonchev–Trinajstić information content (AvgIpc) is 2.41. The van der Waals surface area contributed by atoms with Crippen LogP contribution in [0.2, 0.25) is 0 Å². The third-order valence-electron chi connectivity index (χ3n) is 4.64. The van der Waals surface area contributed by atoms with Gasteiger partial charge in [0, 0.05) is 4.47 Å². The molecule has 102 valence electrons. The quantitative estimate of drug-likeness (QED) is 0.745. The summed E-state index contributed by atoms with van der Waals surface area (Å²) in [7, 11) is 0. The van der Waals surface area contributed by atoms with Gasteiger partial charge in [-0.2, -0.15) is 0 Å². The highest BCUT2D eigenvalue weighted by molar-refractivity contribution is 9.10. The van der Waals surface area contributed by atoms with E-state index in [-0.39, 0.29) is 11.4 Å². The van der Waals surface area contributed by atoms with Crippen LogP contribution in [0.5, 0.6) is 5.75 Å². The van der Waals surface area contributed by atoms with Crippen LogP contribution in [0.1, 0.15) is 55.8 Å². The fraction of sp³-hybridized carbons (Fsp3) is 0.562. The fourth-order valence-corrected chi connectivity index (χ4v) is 3.72.